The molecule has 7 nitrogen and oxygen atoms in total. The zero-order chi connectivity index (χ0) is 32.2. The Morgan fingerprint density at radius 3 is 1.86 bits per heavy atom. The molecular formula is C35H58BrN2O5+. The number of carbonyl (C=O) groups is 2. The summed E-state index contributed by atoms with van der Waals surface area (Å²) < 4.78 is 18.7. The number of carbonyl (C=O) groups excluding carboxylic acids is 2. The lowest BCUT2D eigenvalue weighted by Gasteiger charge is -2.31. The van der Waals surface area contributed by atoms with Gasteiger partial charge in [-0.25, -0.2) is 4.79 Å². The van der Waals surface area contributed by atoms with Crippen LogP contribution in [-0.4, -0.2) is 67.9 Å². The highest BCUT2D eigenvalue weighted by atomic mass is 79.9. The molecule has 0 radical (unpaired) electrons. The molecule has 0 fully saturated rings. The normalized spacial score (nSPS) is 10.5. The van der Waals surface area contributed by atoms with Gasteiger partial charge in [0.25, 0.3) is 0 Å². The van der Waals surface area contributed by atoms with E-state index >= 15 is 0 Å². The first-order chi connectivity index (χ1) is 20.9. The number of quaternary nitrogens is 1. The van der Waals surface area contributed by atoms with E-state index < -0.39 is 0 Å². The second-order valence-corrected chi connectivity index (χ2v) is 11.0. The number of esters is 1. The lowest BCUT2D eigenvalue weighted by Crippen LogP contribution is -2.46. The number of likely N-dealkylation sites (N-methyl/N-ethyl adjacent to an activating group) is 1. The van der Waals surface area contributed by atoms with E-state index in [0.717, 1.165) is 42.5 Å². The molecule has 2 aromatic carbocycles. The first kappa shape index (κ1) is 40.6. The monoisotopic (exact) mass is 665 g/mol. The van der Waals surface area contributed by atoms with E-state index in [0.29, 0.717) is 30.1 Å². The smallest absolute Gasteiger partial charge is 0.338 e. The molecular weight excluding hydrogens is 608 g/mol. The first-order valence-corrected chi connectivity index (χ1v) is 16.8. The first-order valence-electron chi connectivity index (χ1n) is 16.0. The van der Waals surface area contributed by atoms with Crippen molar-refractivity contribution in [2.24, 2.45) is 0 Å². The van der Waals surface area contributed by atoms with Gasteiger partial charge in [-0.15, -0.1) is 0 Å². The Morgan fingerprint density at radius 1 is 0.814 bits per heavy atom. The van der Waals surface area contributed by atoms with Gasteiger partial charge >= 0.3 is 5.97 Å². The summed E-state index contributed by atoms with van der Waals surface area (Å²) in [6, 6.07) is 14.7. The molecule has 0 amide bonds. The number of rotatable bonds is 21. The van der Waals surface area contributed by atoms with Crippen LogP contribution in [0.3, 0.4) is 0 Å². The van der Waals surface area contributed by atoms with Crippen LogP contribution in [0.1, 0.15) is 112 Å². The number of para-hydroxylation sites is 1. The number of unbranched alkanes of at least 4 members (excludes halogenated alkanes) is 10. The number of halogens is 1. The molecule has 0 aliphatic heterocycles. The van der Waals surface area contributed by atoms with Crippen LogP contribution in [0.2, 0.25) is 0 Å². The van der Waals surface area contributed by atoms with Gasteiger partial charge in [0.15, 0.2) is 6.29 Å². The zero-order valence-electron chi connectivity index (χ0n) is 27.4. The van der Waals surface area contributed by atoms with Gasteiger partial charge in [-0.05, 0) is 56.7 Å². The van der Waals surface area contributed by atoms with Crippen LogP contribution >= 0.6 is 16.3 Å². The van der Waals surface area contributed by atoms with Crippen molar-refractivity contribution in [3.63, 3.8) is 0 Å². The summed E-state index contributed by atoms with van der Waals surface area (Å²) >= 11 is 1.94. The standard InChI is InChI=1S/C20H32O2.C15H24N2O2.BrHO/c1-2-3-4-5-6-7-8-9-10-11-14-17-22-20-16-13-12-15-19(20)18-21;1-5-17(4,6-2)11-12-19-15(18)13-7-9-14(16-3)10-8-13;1-2/h12-13,15-16,18H,2-11,14,17H2,1H3;7-10H,5-6,11-12H2,1-4H3;2H/p+1. The molecule has 43 heavy (non-hydrogen) atoms. The van der Waals surface area contributed by atoms with Crippen molar-refractivity contribution in [3.8, 4) is 5.75 Å². The molecule has 0 aliphatic carbocycles. The topological polar surface area (TPSA) is 84.9 Å². The molecule has 0 aliphatic rings. The van der Waals surface area contributed by atoms with Crippen LogP contribution in [0.5, 0.6) is 5.75 Å². The Bertz CT molecular complexity index is 952. The van der Waals surface area contributed by atoms with Crippen molar-refractivity contribution in [1.29, 1.82) is 0 Å². The van der Waals surface area contributed by atoms with Crippen LogP contribution in [-0.2, 0) is 4.74 Å². The molecule has 244 valence electrons. The summed E-state index contributed by atoms with van der Waals surface area (Å²) in [5, 5.41) is 3.02. The largest absolute Gasteiger partial charge is 0.493 e. The average Bonchev–Trinajstić information content (AvgIpc) is 3.06. The van der Waals surface area contributed by atoms with Gasteiger partial charge in [0, 0.05) is 12.7 Å². The number of ether oxygens (including phenoxy) is 2. The van der Waals surface area contributed by atoms with Gasteiger partial charge in [0.2, 0.25) is 0 Å². The maximum absolute atomic E-state index is 11.9. The number of nitrogens with one attached hydrogen (secondary N) is 1. The molecule has 0 atom stereocenters. The quantitative estimate of drug-likeness (QED) is 0.0600. The van der Waals surface area contributed by atoms with Gasteiger partial charge in [0.1, 0.15) is 18.9 Å². The molecule has 0 aromatic heterocycles. The third kappa shape index (κ3) is 19.5. The zero-order valence-corrected chi connectivity index (χ0v) is 29.0. The minimum absolute atomic E-state index is 0.249. The fraction of sp³-hybridized carbons (Fsp3) is 0.600. The summed E-state index contributed by atoms with van der Waals surface area (Å²) in [5.74, 6) is 0.464. The number of nitrogens with zero attached hydrogens (tertiary/aromatic N) is 1. The Morgan fingerprint density at radius 2 is 1.35 bits per heavy atom. The van der Waals surface area contributed by atoms with E-state index in [1.165, 1.54) is 64.2 Å². The van der Waals surface area contributed by atoms with Crippen molar-refractivity contribution in [3.05, 3.63) is 59.7 Å². The van der Waals surface area contributed by atoms with Crippen molar-refractivity contribution < 1.29 is 27.7 Å². The molecule has 0 heterocycles. The van der Waals surface area contributed by atoms with Crippen LogP contribution in [0.15, 0.2) is 48.5 Å². The van der Waals surface area contributed by atoms with E-state index in [1.807, 2.05) is 53.6 Å². The Balaban J connectivity index is 0.000000783. The highest BCUT2D eigenvalue weighted by Gasteiger charge is 2.17. The average molecular weight is 667 g/mol. The Hall–Kier alpha value is -2.42. The van der Waals surface area contributed by atoms with Gasteiger partial charge < -0.3 is 23.5 Å². The van der Waals surface area contributed by atoms with E-state index in [1.54, 1.807) is 18.2 Å². The van der Waals surface area contributed by atoms with E-state index in [-0.39, 0.29) is 5.97 Å². The molecule has 0 bridgehead atoms. The number of hydrogen-bond acceptors (Lipinski definition) is 6. The summed E-state index contributed by atoms with van der Waals surface area (Å²) in [6.45, 7) is 10.7. The Labute approximate surface area is 270 Å². The SMILES string of the molecule is CCCCCCCCCCCCCOc1ccccc1C=O.CC[N+](C)(CC)CCOC(=O)c1ccc(NC)cc1.OBr. The summed E-state index contributed by atoms with van der Waals surface area (Å²) in [7, 11) is 4.02. The van der Waals surface area contributed by atoms with E-state index in [2.05, 4.69) is 33.1 Å². The van der Waals surface area contributed by atoms with E-state index in [4.69, 9.17) is 13.7 Å². The molecule has 2 N–H and O–H groups in total. The molecule has 0 unspecified atom stereocenters. The molecule has 8 heteroatoms. The van der Waals surface area contributed by atoms with Crippen molar-refractivity contribution >= 4 is 34.2 Å². The second kappa shape index (κ2) is 27.2. The predicted molar refractivity (Wildman–Crippen MR) is 183 cm³/mol. The third-order valence-corrected chi connectivity index (χ3v) is 7.85. The molecule has 0 spiro atoms. The lowest BCUT2D eigenvalue weighted by atomic mass is 10.1. The highest BCUT2D eigenvalue weighted by Crippen LogP contribution is 2.17. The number of hydrogen-bond donors (Lipinski definition) is 2. The number of anilines is 1. The summed E-state index contributed by atoms with van der Waals surface area (Å²) in [6.07, 6.45) is 15.5. The predicted octanol–water partition coefficient (Wildman–Crippen LogP) is 8.85. The fourth-order valence-corrected chi connectivity index (χ4v) is 4.41. The van der Waals surface area contributed by atoms with Gasteiger partial charge in [-0.3, -0.25) is 4.79 Å². The third-order valence-electron chi connectivity index (χ3n) is 7.85. The van der Waals surface area contributed by atoms with Crippen LogP contribution in [0, 0.1) is 0 Å². The van der Waals surface area contributed by atoms with Gasteiger partial charge in [0.05, 0.1) is 54.1 Å². The van der Waals surface area contributed by atoms with Crippen molar-refractivity contribution in [2.45, 2.75) is 91.4 Å². The molecule has 0 saturated heterocycles. The molecule has 0 saturated carbocycles. The van der Waals surface area contributed by atoms with Crippen LogP contribution < -0.4 is 10.1 Å². The second-order valence-electron chi connectivity index (χ2n) is 11.0. The van der Waals surface area contributed by atoms with Crippen molar-refractivity contribution in [1.82, 2.24) is 0 Å². The summed E-state index contributed by atoms with van der Waals surface area (Å²) in [4.78, 5) is 22.7. The fourth-order valence-electron chi connectivity index (χ4n) is 4.41. The Kier molecular flexibility index (Phi) is 25.6. The van der Waals surface area contributed by atoms with Gasteiger partial charge in [-0.2, -0.15) is 0 Å². The maximum Gasteiger partial charge on any atom is 0.338 e. The van der Waals surface area contributed by atoms with Crippen LogP contribution in [0.4, 0.5) is 5.69 Å². The molecule has 2 rings (SSSR count). The summed E-state index contributed by atoms with van der Waals surface area (Å²) in [5.41, 5.74) is 2.23. The number of benzene rings is 2. The van der Waals surface area contributed by atoms with Crippen LogP contribution in [0.25, 0.3) is 0 Å². The van der Waals surface area contributed by atoms with E-state index in [9.17, 15) is 9.59 Å². The molecule has 2 aromatic rings. The number of aldehydes is 1. The van der Waals surface area contributed by atoms with Gasteiger partial charge in [-0.1, -0.05) is 83.3 Å². The lowest BCUT2D eigenvalue weighted by molar-refractivity contribution is -0.906. The maximum atomic E-state index is 11.9. The minimum atomic E-state index is -0.249. The minimum Gasteiger partial charge on any atom is -0.493 e. The van der Waals surface area contributed by atoms with Crippen molar-refractivity contribution in [2.75, 3.05) is 52.3 Å². The highest BCUT2D eigenvalue weighted by molar-refractivity contribution is 9.05.